The summed E-state index contributed by atoms with van der Waals surface area (Å²) in [5, 5.41) is 3.56. The largest absolute Gasteiger partial charge is 0.436 e. The van der Waals surface area contributed by atoms with Gasteiger partial charge < -0.3 is 21.5 Å². The molecule has 0 aliphatic heterocycles. The Bertz CT molecular complexity index is 596. The molecule has 19 heavy (non-hydrogen) atoms. The fraction of sp³-hybridized carbons (Fsp3) is 0.0833. The summed E-state index contributed by atoms with van der Waals surface area (Å²) in [6.45, 7) is 0. The van der Waals surface area contributed by atoms with Crippen LogP contribution in [0.1, 0.15) is 0 Å². The van der Waals surface area contributed by atoms with Crippen molar-refractivity contribution in [3.63, 3.8) is 0 Å². The Labute approximate surface area is 120 Å². The average Bonchev–Trinajstić information content (AvgIpc) is 2.35. The third kappa shape index (κ3) is 2.94. The van der Waals surface area contributed by atoms with Gasteiger partial charge in [-0.1, -0.05) is 23.2 Å². The molecule has 1 heterocycles. The number of nitrogens with two attached hydrogens (primary N) is 2. The van der Waals surface area contributed by atoms with Crippen molar-refractivity contribution in [1.82, 2.24) is 4.98 Å². The van der Waals surface area contributed by atoms with E-state index >= 15 is 0 Å². The summed E-state index contributed by atoms with van der Waals surface area (Å²) in [6.07, 6.45) is 1.49. The molecule has 0 saturated carbocycles. The molecule has 2 rings (SSSR count). The van der Waals surface area contributed by atoms with E-state index in [1.807, 2.05) is 0 Å². The van der Waals surface area contributed by atoms with Gasteiger partial charge in [0.2, 0.25) is 5.88 Å². The normalized spacial score (nSPS) is 10.3. The minimum absolute atomic E-state index is 0.303. The molecule has 2 aromatic rings. The van der Waals surface area contributed by atoms with Crippen molar-refractivity contribution in [2.24, 2.45) is 0 Å². The summed E-state index contributed by atoms with van der Waals surface area (Å²) in [6, 6.07) is 4.76. The zero-order chi connectivity index (χ0) is 14.0. The second kappa shape index (κ2) is 5.42. The Hall–Kier alpha value is -1.85. The third-order valence-corrected chi connectivity index (χ3v) is 2.97. The van der Waals surface area contributed by atoms with Gasteiger partial charge in [-0.2, -0.15) is 0 Å². The van der Waals surface area contributed by atoms with Crippen molar-refractivity contribution >= 4 is 40.3 Å². The van der Waals surface area contributed by atoms with E-state index in [1.54, 1.807) is 25.2 Å². The van der Waals surface area contributed by atoms with E-state index in [1.165, 1.54) is 6.20 Å². The van der Waals surface area contributed by atoms with E-state index in [2.05, 4.69) is 10.3 Å². The Kier molecular flexibility index (Phi) is 3.87. The van der Waals surface area contributed by atoms with Crippen molar-refractivity contribution in [2.75, 3.05) is 23.8 Å². The van der Waals surface area contributed by atoms with Crippen LogP contribution in [0, 0.1) is 0 Å². The first-order valence-electron chi connectivity index (χ1n) is 5.37. The lowest BCUT2D eigenvalue weighted by Gasteiger charge is -2.11. The fourth-order valence-corrected chi connectivity index (χ4v) is 2.08. The van der Waals surface area contributed by atoms with Gasteiger partial charge in [-0.15, -0.1) is 0 Å². The summed E-state index contributed by atoms with van der Waals surface area (Å²) < 4.78 is 5.57. The number of nitrogens with zero attached hydrogens (tertiary/aromatic N) is 1. The standard InChI is InChI=1S/C12H12Cl2N4O/c1-17-10-4-11(18-5-9(10)16)19-12-7(13)2-6(15)3-8(12)14/h2-5H,15-16H2,1H3,(H,17,18). The highest BCUT2D eigenvalue weighted by atomic mass is 35.5. The molecule has 0 aliphatic carbocycles. The van der Waals surface area contributed by atoms with Crippen LogP contribution in [-0.2, 0) is 0 Å². The van der Waals surface area contributed by atoms with Crippen LogP contribution < -0.4 is 21.5 Å². The van der Waals surface area contributed by atoms with Crippen LogP contribution in [0.3, 0.4) is 0 Å². The molecule has 0 fully saturated rings. The van der Waals surface area contributed by atoms with Crippen LogP contribution in [0.4, 0.5) is 17.1 Å². The summed E-state index contributed by atoms with van der Waals surface area (Å²) in [5.41, 5.74) is 13.0. The topological polar surface area (TPSA) is 86.2 Å². The SMILES string of the molecule is CNc1cc(Oc2c(Cl)cc(N)cc2Cl)ncc1N. The summed E-state index contributed by atoms with van der Waals surface area (Å²) in [5.74, 6) is 0.629. The zero-order valence-corrected chi connectivity index (χ0v) is 11.6. The molecule has 0 spiro atoms. The average molecular weight is 299 g/mol. The van der Waals surface area contributed by atoms with Gasteiger partial charge >= 0.3 is 0 Å². The predicted molar refractivity (Wildman–Crippen MR) is 79.1 cm³/mol. The molecule has 5 N–H and O–H groups in total. The van der Waals surface area contributed by atoms with Crippen molar-refractivity contribution in [3.05, 3.63) is 34.4 Å². The highest BCUT2D eigenvalue weighted by Gasteiger charge is 2.11. The van der Waals surface area contributed by atoms with Gasteiger partial charge in [0.15, 0.2) is 5.75 Å². The molecule has 7 heteroatoms. The van der Waals surface area contributed by atoms with Gasteiger partial charge in [-0.3, -0.25) is 0 Å². The number of hydrogen-bond donors (Lipinski definition) is 3. The highest BCUT2D eigenvalue weighted by Crippen LogP contribution is 2.38. The van der Waals surface area contributed by atoms with Crippen LogP contribution in [0.25, 0.3) is 0 Å². The van der Waals surface area contributed by atoms with Crippen LogP contribution in [-0.4, -0.2) is 12.0 Å². The monoisotopic (exact) mass is 298 g/mol. The maximum absolute atomic E-state index is 6.03. The van der Waals surface area contributed by atoms with Crippen LogP contribution in [0.5, 0.6) is 11.6 Å². The molecular weight excluding hydrogens is 287 g/mol. The lowest BCUT2D eigenvalue weighted by molar-refractivity contribution is 0.464. The lowest BCUT2D eigenvalue weighted by Crippen LogP contribution is -1.98. The van der Waals surface area contributed by atoms with Crippen LogP contribution >= 0.6 is 23.2 Å². The van der Waals surface area contributed by atoms with Gasteiger partial charge in [0, 0.05) is 18.8 Å². The van der Waals surface area contributed by atoms with E-state index in [4.69, 9.17) is 39.4 Å². The number of aromatic nitrogens is 1. The maximum Gasteiger partial charge on any atom is 0.221 e. The number of hydrogen-bond acceptors (Lipinski definition) is 5. The van der Waals surface area contributed by atoms with E-state index in [0.717, 1.165) is 0 Å². The Balaban J connectivity index is 2.36. The molecule has 5 nitrogen and oxygen atoms in total. The first kappa shape index (κ1) is 13.6. The van der Waals surface area contributed by atoms with Crippen molar-refractivity contribution < 1.29 is 4.74 Å². The lowest BCUT2D eigenvalue weighted by atomic mass is 10.3. The molecule has 1 aromatic carbocycles. The molecule has 0 bridgehead atoms. The molecule has 0 saturated heterocycles. The predicted octanol–water partition coefficient (Wildman–Crippen LogP) is 3.39. The fourth-order valence-electron chi connectivity index (χ4n) is 1.50. The molecule has 0 radical (unpaired) electrons. The van der Waals surface area contributed by atoms with Crippen LogP contribution in [0.15, 0.2) is 24.4 Å². The first-order valence-corrected chi connectivity index (χ1v) is 6.12. The number of nitrogen functional groups attached to an aromatic ring is 2. The van der Waals surface area contributed by atoms with Crippen molar-refractivity contribution in [2.45, 2.75) is 0 Å². The number of pyridine rings is 1. The smallest absolute Gasteiger partial charge is 0.221 e. The Morgan fingerprint density at radius 2 is 1.79 bits per heavy atom. The second-order valence-electron chi connectivity index (χ2n) is 3.78. The van der Waals surface area contributed by atoms with E-state index < -0.39 is 0 Å². The van der Waals surface area contributed by atoms with Gasteiger partial charge in [0.05, 0.1) is 27.6 Å². The number of nitrogens with one attached hydrogen (secondary N) is 1. The number of anilines is 3. The first-order chi connectivity index (χ1) is 9.01. The minimum Gasteiger partial charge on any atom is -0.436 e. The molecular formula is C12H12Cl2N4O. The van der Waals surface area contributed by atoms with Gasteiger partial charge in [0.1, 0.15) is 0 Å². The van der Waals surface area contributed by atoms with E-state index in [-0.39, 0.29) is 0 Å². The molecule has 0 atom stereocenters. The third-order valence-electron chi connectivity index (χ3n) is 2.41. The zero-order valence-electron chi connectivity index (χ0n) is 10.1. The second-order valence-corrected chi connectivity index (χ2v) is 4.59. The van der Waals surface area contributed by atoms with E-state index in [9.17, 15) is 0 Å². The summed E-state index contributed by atoms with van der Waals surface area (Å²) >= 11 is 12.1. The number of benzene rings is 1. The molecule has 0 amide bonds. The van der Waals surface area contributed by atoms with Gasteiger partial charge in [0.25, 0.3) is 0 Å². The van der Waals surface area contributed by atoms with Crippen LogP contribution in [0.2, 0.25) is 10.0 Å². The van der Waals surface area contributed by atoms with Crippen molar-refractivity contribution in [1.29, 1.82) is 0 Å². The summed E-state index contributed by atoms with van der Waals surface area (Å²) in [7, 11) is 1.75. The molecule has 0 aliphatic rings. The number of rotatable bonds is 3. The Morgan fingerprint density at radius 1 is 1.16 bits per heavy atom. The quantitative estimate of drug-likeness (QED) is 0.756. The van der Waals surface area contributed by atoms with Gasteiger partial charge in [-0.25, -0.2) is 4.98 Å². The maximum atomic E-state index is 6.03. The molecule has 0 unspecified atom stereocenters. The Morgan fingerprint density at radius 3 is 2.37 bits per heavy atom. The van der Waals surface area contributed by atoms with Crippen molar-refractivity contribution in [3.8, 4) is 11.6 Å². The molecule has 100 valence electrons. The number of ether oxygens (including phenoxy) is 1. The van der Waals surface area contributed by atoms with E-state index in [0.29, 0.717) is 38.7 Å². The van der Waals surface area contributed by atoms with Gasteiger partial charge in [-0.05, 0) is 12.1 Å². The summed E-state index contributed by atoms with van der Waals surface area (Å²) in [4.78, 5) is 4.05. The highest BCUT2D eigenvalue weighted by molar-refractivity contribution is 6.37. The number of halogens is 2. The minimum atomic E-state index is 0.303. The molecule has 1 aromatic heterocycles.